The number of carbonyl (C=O) groups is 1. The zero-order valence-corrected chi connectivity index (χ0v) is 24.4. The van der Waals surface area contributed by atoms with Crippen molar-refractivity contribution >= 4 is 38.9 Å². The Hall–Kier alpha value is -2.91. The number of nitrogens with zero attached hydrogens (tertiary/aromatic N) is 1. The highest BCUT2D eigenvalue weighted by molar-refractivity contribution is 7.21. The second-order valence-electron chi connectivity index (χ2n) is 10.7. The third kappa shape index (κ3) is 6.31. The van der Waals surface area contributed by atoms with Crippen LogP contribution in [-0.4, -0.2) is 41.2 Å². The number of rotatable bonds is 7. The number of aliphatic hydroxyl groups is 1. The standard InChI is InChI=1S/C32H32ClF3N2O2S/c1-19-7-8-22(20-9-11-21(12-10-20)30(39)32(34,35)36)17-23(19)18-38(25-15-13-24(37-2)14-16-25)31(40)29-28(33)26-5-3-4-6-27(26)41-29/h3-12,17,24-25,30,37,39H,13-16,18H2,1-2H3. The summed E-state index contributed by atoms with van der Waals surface area (Å²) in [5, 5.41) is 14.3. The number of hydrogen-bond donors (Lipinski definition) is 2. The van der Waals surface area contributed by atoms with Crippen molar-refractivity contribution in [1.82, 2.24) is 10.2 Å². The number of aryl methyl sites for hydroxylation is 1. The number of fused-ring (bicyclic) bond motifs is 1. The Morgan fingerprint density at radius 1 is 1.05 bits per heavy atom. The van der Waals surface area contributed by atoms with E-state index in [9.17, 15) is 23.1 Å². The summed E-state index contributed by atoms with van der Waals surface area (Å²) in [5.41, 5.74) is 3.32. The van der Waals surface area contributed by atoms with Gasteiger partial charge in [0, 0.05) is 28.7 Å². The van der Waals surface area contributed by atoms with Crippen LogP contribution in [0.15, 0.2) is 66.7 Å². The summed E-state index contributed by atoms with van der Waals surface area (Å²) in [6, 6.07) is 19.9. The van der Waals surface area contributed by atoms with E-state index in [0.29, 0.717) is 22.5 Å². The minimum Gasteiger partial charge on any atom is -0.379 e. The van der Waals surface area contributed by atoms with Crippen molar-refractivity contribution in [2.45, 2.75) is 63.5 Å². The molecule has 1 unspecified atom stereocenters. The molecule has 1 amide bonds. The van der Waals surface area contributed by atoms with Crippen molar-refractivity contribution in [3.8, 4) is 11.1 Å². The van der Waals surface area contributed by atoms with Crippen LogP contribution in [0.25, 0.3) is 21.2 Å². The normalized spacial score (nSPS) is 18.4. The lowest BCUT2D eigenvalue weighted by Gasteiger charge is -2.37. The van der Waals surface area contributed by atoms with Crippen LogP contribution in [0, 0.1) is 6.92 Å². The van der Waals surface area contributed by atoms with E-state index in [2.05, 4.69) is 5.32 Å². The van der Waals surface area contributed by atoms with Crippen LogP contribution in [0.3, 0.4) is 0 Å². The van der Waals surface area contributed by atoms with Gasteiger partial charge < -0.3 is 15.3 Å². The van der Waals surface area contributed by atoms with E-state index in [0.717, 1.165) is 58.0 Å². The molecule has 0 saturated heterocycles. The Bertz CT molecular complexity index is 1530. The van der Waals surface area contributed by atoms with Crippen LogP contribution < -0.4 is 5.32 Å². The Morgan fingerprint density at radius 3 is 2.34 bits per heavy atom. The molecule has 1 heterocycles. The average Bonchev–Trinajstić information content (AvgIpc) is 3.32. The lowest BCUT2D eigenvalue weighted by molar-refractivity contribution is -0.206. The van der Waals surface area contributed by atoms with Crippen LogP contribution in [0.1, 0.15) is 58.1 Å². The molecule has 0 aliphatic heterocycles. The predicted octanol–water partition coefficient (Wildman–Crippen LogP) is 8.30. The fourth-order valence-corrected chi connectivity index (χ4v) is 7.04. The molecule has 2 N–H and O–H groups in total. The first-order valence-corrected chi connectivity index (χ1v) is 14.9. The molecule has 9 heteroatoms. The SMILES string of the molecule is CNC1CCC(N(Cc2cc(-c3ccc(C(O)C(F)(F)F)cc3)ccc2C)C(=O)c2sc3ccccc3c2Cl)CC1. The van der Waals surface area contributed by atoms with Gasteiger partial charge >= 0.3 is 6.18 Å². The molecule has 1 aliphatic rings. The highest BCUT2D eigenvalue weighted by atomic mass is 35.5. The minimum absolute atomic E-state index is 0.0552. The van der Waals surface area contributed by atoms with Gasteiger partial charge in [0.05, 0.1) is 5.02 Å². The molecule has 1 saturated carbocycles. The Morgan fingerprint density at radius 2 is 1.71 bits per heavy atom. The van der Waals surface area contributed by atoms with Crippen LogP contribution in [0.4, 0.5) is 13.2 Å². The van der Waals surface area contributed by atoms with Gasteiger partial charge in [-0.1, -0.05) is 66.2 Å². The van der Waals surface area contributed by atoms with E-state index in [4.69, 9.17) is 11.6 Å². The van der Waals surface area contributed by atoms with Gasteiger partial charge in [0.25, 0.3) is 5.91 Å². The van der Waals surface area contributed by atoms with E-state index in [1.807, 2.05) is 61.3 Å². The lowest BCUT2D eigenvalue weighted by atomic mass is 9.89. The Labute approximate surface area is 246 Å². The predicted molar refractivity (Wildman–Crippen MR) is 159 cm³/mol. The molecule has 216 valence electrons. The summed E-state index contributed by atoms with van der Waals surface area (Å²) in [4.78, 5) is 16.7. The van der Waals surface area contributed by atoms with Crippen LogP contribution in [0.5, 0.6) is 0 Å². The maximum absolute atomic E-state index is 14.2. The molecular weight excluding hydrogens is 569 g/mol. The number of alkyl halides is 3. The van der Waals surface area contributed by atoms with Gasteiger partial charge in [-0.15, -0.1) is 11.3 Å². The molecule has 0 bridgehead atoms. The van der Waals surface area contributed by atoms with Gasteiger partial charge in [-0.05, 0) is 79.6 Å². The van der Waals surface area contributed by atoms with Gasteiger partial charge in [0.15, 0.2) is 6.10 Å². The Kier molecular flexibility index (Phi) is 8.76. The number of thiophene rings is 1. The van der Waals surface area contributed by atoms with Crippen molar-refractivity contribution in [3.63, 3.8) is 0 Å². The molecule has 5 rings (SSSR count). The van der Waals surface area contributed by atoms with Crippen molar-refractivity contribution in [3.05, 3.63) is 93.3 Å². The topological polar surface area (TPSA) is 52.6 Å². The first-order chi connectivity index (χ1) is 19.6. The molecule has 41 heavy (non-hydrogen) atoms. The second-order valence-corrected chi connectivity index (χ2v) is 12.1. The molecule has 1 atom stereocenters. The molecule has 1 fully saturated rings. The monoisotopic (exact) mass is 600 g/mol. The summed E-state index contributed by atoms with van der Waals surface area (Å²) in [6.45, 7) is 2.39. The molecule has 1 aromatic heterocycles. The molecule has 1 aliphatic carbocycles. The smallest absolute Gasteiger partial charge is 0.379 e. The maximum atomic E-state index is 14.2. The first-order valence-electron chi connectivity index (χ1n) is 13.7. The summed E-state index contributed by atoms with van der Waals surface area (Å²) in [5.74, 6) is -0.0839. The van der Waals surface area contributed by atoms with Crippen molar-refractivity contribution in [2.75, 3.05) is 7.05 Å². The van der Waals surface area contributed by atoms with E-state index in [-0.39, 0.29) is 17.5 Å². The van der Waals surface area contributed by atoms with Crippen LogP contribution >= 0.6 is 22.9 Å². The van der Waals surface area contributed by atoms with Gasteiger partial charge in [0.2, 0.25) is 0 Å². The molecule has 0 spiro atoms. The number of amides is 1. The van der Waals surface area contributed by atoms with Gasteiger partial charge in [-0.25, -0.2) is 0 Å². The first kappa shape index (κ1) is 29.6. The van der Waals surface area contributed by atoms with Crippen LogP contribution in [0.2, 0.25) is 5.02 Å². The Balaban J connectivity index is 1.46. The van der Waals surface area contributed by atoms with E-state index < -0.39 is 12.3 Å². The molecular formula is C32H32ClF3N2O2S. The molecule has 0 radical (unpaired) electrons. The zero-order valence-electron chi connectivity index (χ0n) is 22.8. The van der Waals surface area contributed by atoms with Gasteiger partial charge in [0.1, 0.15) is 4.88 Å². The second kappa shape index (κ2) is 12.1. The van der Waals surface area contributed by atoms with Crippen molar-refractivity contribution in [2.24, 2.45) is 0 Å². The van der Waals surface area contributed by atoms with Gasteiger partial charge in [-0.3, -0.25) is 4.79 Å². The lowest BCUT2D eigenvalue weighted by Crippen LogP contribution is -2.44. The van der Waals surface area contributed by atoms with Gasteiger partial charge in [-0.2, -0.15) is 13.2 Å². The summed E-state index contributed by atoms with van der Waals surface area (Å²) < 4.78 is 39.8. The summed E-state index contributed by atoms with van der Waals surface area (Å²) in [7, 11) is 1.97. The van der Waals surface area contributed by atoms with E-state index >= 15 is 0 Å². The number of hydrogen-bond acceptors (Lipinski definition) is 4. The fourth-order valence-electron chi connectivity index (χ4n) is 5.58. The largest absolute Gasteiger partial charge is 0.418 e. The quantitative estimate of drug-likeness (QED) is 0.224. The summed E-state index contributed by atoms with van der Waals surface area (Å²) >= 11 is 8.16. The van der Waals surface area contributed by atoms with E-state index in [1.54, 1.807) is 12.1 Å². The maximum Gasteiger partial charge on any atom is 0.418 e. The number of halogens is 4. The average molecular weight is 601 g/mol. The molecule has 4 nitrogen and oxygen atoms in total. The van der Waals surface area contributed by atoms with Crippen LogP contribution in [-0.2, 0) is 6.54 Å². The molecule has 4 aromatic rings. The number of aliphatic hydroxyl groups excluding tert-OH is 1. The highest BCUT2D eigenvalue weighted by Gasteiger charge is 2.39. The number of nitrogens with one attached hydrogen (secondary N) is 1. The summed E-state index contributed by atoms with van der Waals surface area (Å²) in [6.07, 6.45) is -3.55. The molecule has 3 aromatic carbocycles. The third-order valence-electron chi connectivity index (χ3n) is 8.10. The zero-order chi connectivity index (χ0) is 29.3. The number of benzene rings is 3. The van der Waals surface area contributed by atoms with E-state index in [1.165, 1.54) is 23.5 Å². The van der Waals surface area contributed by atoms with Crippen molar-refractivity contribution in [1.29, 1.82) is 0 Å². The third-order valence-corrected chi connectivity index (χ3v) is 9.76. The number of carbonyl (C=O) groups excluding carboxylic acids is 1. The van der Waals surface area contributed by atoms with Crippen molar-refractivity contribution < 1.29 is 23.1 Å². The fraction of sp³-hybridized carbons (Fsp3) is 0.344. The highest BCUT2D eigenvalue weighted by Crippen LogP contribution is 2.38. The minimum atomic E-state index is -4.72.